The highest BCUT2D eigenvalue weighted by Gasteiger charge is 2.10. The number of halogens is 1. The predicted molar refractivity (Wildman–Crippen MR) is 90.9 cm³/mol. The molecule has 0 aromatic heterocycles. The van der Waals surface area contributed by atoms with Crippen molar-refractivity contribution in [2.75, 3.05) is 6.54 Å². The number of carbonyl (C=O) groups is 1. The van der Waals surface area contributed by atoms with Gasteiger partial charge in [0.2, 0.25) is 5.91 Å². The summed E-state index contributed by atoms with van der Waals surface area (Å²) in [5.74, 6) is 2.01. The molecule has 0 saturated carbocycles. The zero-order chi connectivity index (χ0) is 16.7. The number of hydrogen-bond donors (Lipinski definition) is 0. The van der Waals surface area contributed by atoms with Crippen molar-refractivity contribution in [2.45, 2.75) is 13.5 Å². The van der Waals surface area contributed by atoms with E-state index in [0.717, 1.165) is 11.1 Å². The summed E-state index contributed by atoms with van der Waals surface area (Å²) in [5.41, 5.74) is 2.95. The molecule has 0 atom stereocenters. The van der Waals surface area contributed by atoms with Gasteiger partial charge in [-0.05, 0) is 36.3 Å². The van der Waals surface area contributed by atoms with Gasteiger partial charge in [-0.1, -0.05) is 47.9 Å². The van der Waals surface area contributed by atoms with E-state index in [2.05, 4.69) is 5.92 Å². The molecule has 2 aromatic carbocycles. The Bertz CT molecular complexity index is 724. The molecule has 0 spiro atoms. The van der Waals surface area contributed by atoms with Crippen molar-refractivity contribution in [3.05, 3.63) is 77.1 Å². The highest BCUT2D eigenvalue weighted by atomic mass is 19.1. The van der Waals surface area contributed by atoms with E-state index < -0.39 is 0 Å². The SMILES string of the molecule is C#CCN(Cc1ccc(F)cc1)C(=O)/C=C/c1ccc(C)cc1. The monoisotopic (exact) mass is 307 g/mol. The normalized spacial score (nSPS) is 10.5. The lowest BCUT2D eigenvalue weighted by Crippen LogP contribution is -2.29. The second kappa shape index (κ2) is 7.95. The van der Waals surface area contributed by atoms with Gasteiger partial charge in [0.15, 0.2) is 0 Å². The van der Waals surface area contributed by atoms with Crippen molar-refractivity contribution in [3.8, 4) is 12.3 Å². The molecule has 0 heterocycles. The second-order valence-corrected chi connectivity index (χ2v) is 5.27. The van der Waals surface area contributed by atoms with E-state index in [0.29, 0.717) is 6.54 Å². The minimum absolute atomic E-state index is 0.173. The van der Waals surface area contributed by atoms with Gasteiger partial charge in [-0.25, -0.2) is 4.39 Å². The maximum Gasteiger partial charge on any atom is 0.247 e. The molecule has 0 aliphatic heterocycles. The number of aryl methyl sites for hydroxylation is 1. The summed E-state index contributed by atoms with van der Waals surface area (Å²) in [5, 5.41) is 0. The molecular formula is C20H18FNO. The molecule has 0 N–H and O–H groups in total. The van der Waals surface area contributed by atoms with Crippen molar-refractivity contribution in [3.63, 3.8) is 0 Å². The first-order valence-electron chi connectivity index (χ1n) is 7.30. The van der Waals surface area contributed by atoms with Gasteiger partial charge >= 0.3 is 0 Å². The number of rotatable bonds is 5. The van der Waals surface area contributed by atoms with Crippen LogP contribution in [0, 0.1) is 25.1 Å². The van der Waals surface area contributed by atoms with Crippen LogP contribution in [-0.2, 0) is 11.3 Å². The molecule has 116 valence electrons. The Balaban J connectivity index is 2.07. The van der Waals surface area contributed by atoms with Crippen molar-refractivity contribution in [1.29, 1.82) is 0 Å². The van der Waals surface area contributed by atoms with E-state index >= 15 is 0 Å². The fourth-order valence-electron chi connectivity index (χ4n) is 2.08. The number of carbonyl (C=O) groups excluding carboxylic acids is 1. The maximum atomic E-state index is 12.9. The van der Waals surface area contributed by atoms with E-state index in [1.54, 1.807) is 18.2 Å². The molecule has 3 heteroatoms. The van der Waals surface area contributed by atoms with Gasteiger partial charge in [0.25, 0.3) is 0 Å². The highest BCUT2D eigenvalue weighted by molar-refractivity contribution is 5.91. The first-order chi connectivity index (χ1) is 11.1. The lowest BCUT2D eigenvalue weighted by molar-refractivity contribution is -0.125. The third-order valence-electron chi connectivity index (χ3n) is 3.38. The van der Waals surface area contributed by atoms with E-state index in [1.165, 1.54) is 28.7 Å². The highest BCUT2D eigenvalue weighted by Crippen LogP contribution is 2.09. The first-order valence-corrected chi connectivity index (χ1v) is 7.30. The average molecular weight is 307 g/mol. The first kappa shape index (κ1) is 16.5. The molecule has 0 saturated heterocycles. The third kappa shape index (κ3) is 5.12. The molecule has 0 aliphatic carbocycles. The summed E-state index contributed by atoms with van der Waals surface area (Å²) in [6.07, 6.45) is 8.61. The Morgan fingerprint density at radius 2 is 1.83 bits per heavy atom. The zero-order valence-electron chi connectivity index (χ0n) is 13.0. The van der Waals surface area contributed by atoms with Gasteiger partial charge in [0.1, 0.15) is 5.82 Å². The summed E-state index contributed by atoms with van der Waals surface area (Å²) >= 11 is 0. The largest absolute Gasteiger partial charge is 0.324 e. The summed E-state index contributed by atoms with van der Waals surface area (Å²) < 4.78 is 12.9. The number of benzene rings is 2. The van der Waals surface area contributed by atoms with Crippen LogP contribution in [0.4, 0.5) is 4.39 Å². The van der Waals surface area contributed by atoms with E-state index in [1.807, 2.05) is 31.2 Å². The summed E-state index contributed by atoms with van der Waals surface area (Å²) in [6.45, 7) is 2.56. The average Bonchev–Trinajstić information content (AvgIpc) is 2.55. The molecule has 0 fully saturated rings. The summed E-state index contributed by atoms with van der Waals surface area (Å²) in [4.78, 5) is 13.9. The van der Waals surface area contributed by atoms with Gasteiger partial charge in [-0.3, -0.25) is 4.79 Å². The lowest BCUT2D eigenvalue weighted by atomic mass is 10.1. The van der Waals surface area contributed by atoms with Gasteiger partial charge in [-0.15, -0.1) is 6.42 Å². The van der Waals surface area contributed by atoms with Crippen LogP contribution in [0.2, 0.25) is 0 Å². The van der Waals surface area contributed by atoms with Crippen molar-refractivity contribution in [2.24, 2.45) is 0 Å². The van der Waals surface area contributed by atoms with Crippen LogP contribution in [0.1, 0.15) is 16.7 Å². The van der Waals surface area contributed by atoms with Gasteiger partial charge in [0.05, 0.1) is 6.54 Å². The van der Waals surface area contributed by atoms with Crippen molar-refractivity contribution in [1.82, 2.24) is 4.90 Å². The molecule has 2 nitrogen and oxygen atoms in total. The summed E-state index contributed by atoms with van der Waals surface area (Å²) in [7, 11) is 0. The molecule has 0 radical (unpaired) electrons. The Kier molecular flexibility index (Phi) is 5.71. The van der Waals surface area contributed by atoms with Gasteiger partial charge in [0, 0.05) is 12.6 Å². The van der Waals surface area contributed by atoms with E-state index in [4.69, 9.17) is 6.42 Å². The van der Waals surface area contributed by atoms with Gasteiger partial charge in [-0.2, -0.15) is 0 Å². The van der Waals surface area contributed by atoms with Crippen molar-refractivity contribution < 1.29 is 9.18 Å². The molecule has 23 heavy (non-hydrogen) atoms. The minimum atomic E-state index is -0.303. The van der Waals surface area contributed by atoms with E-state index in [-0.39, 0.29) is 18.3 Å². The standard InChI is InChI=1S/C20H18FNO/c1-3-14-22(15-18-8-11-19(21)12-9-18)20(23)13-10-17-6-4-16(2)5-7-17/h1,4-13H,14-15H2,2H3/b13-10+. The molecule has 0 aliphatic rings. The third-order valence-corrected chi connectivity index (χ3v) is 3.38. The Morgan fingerprint density at radius 1 is 1.17 bits per heavy atom. The second-order valence-electron chi connectivity index (χ2n) is 5.27. The van der Waals surface area contributed by atoms with Crippen LogP contribution in [0.3, 0.4) is 0 Å². The van der Waals surface area contributed by atoms with Crippen LogP contribution >= 0.6 is 0 Å². The molecule has 1 amide bonds. The smallest absolute Gasteiger partial charge is 0.247 e. The van der Waals surface area contributed by atoms with Crippen LogP contribution in [0.5, 0.6) is 0 Å². The van der Waals surface area contributed by atoms with E-state index in [9.17, 15) is 9.18 Å². The predicted octanol–water partition coefficient (Wildman–Crippen LogP) is 3.81. The molecule has 2 rings (SSSR count). The fourth-order valence-corrected chi connectivity index (χ4v) is 2.08. The number of hydrogen-bond acceptors (Lipinski definition) is 1. The zero-order valence-corrected chi connectivity index (χ0v) is 13.0. The lowest BCUT2D eigenvalue weighted by Gasteiger charge is -2.18. The molecule has 0 unspecified atom stereocenters. The van der Waals surface area contributed by atoms with Crippen LogP contribution in [0.25, 0.3) is 6.08 Å². The molecule has 0 bridgehead atoms. The quantitative estimate of drug-likeness (QED) is 0.607. The maximum absolute atomic E-state index is 12.9. The van der Waals surface area contributed by atoms with Crippen LogP contribution in [0.15, 0.2) is 54.6 Å². The van der Waals surface area contributed by atoms with Gasteiger partial charge < -0.3 is 4.90 Å². The molecule has 2 aromatic rings. The topological polar surface area (TPSA) is 20.3 Å². The van der Waals surface area contributed by atoms with Crippen LogP contribution < -0.4 is 0 Å². The number of nitrogens with zero attached hydrogens (tertiary/aromatic N) is 1. The minimum Gasteiger partial charge on any atom is -0.324 e. The van der Waals surface area contributed by atoms with Crippen molar-refractivity contribution >= 4 is 12.0 Å². The Hall–Kier alpha value is -2.86. The Labute approximate surface area is 136 Å². The molecular weight excluding hydrogens is 289 g/mol. The van der Waals surface area contributed by atoms with Crippen LogP contribution in [-0.4, -0.2) is 17.4 Å². The Morgan fingerprint density at radius 3 is 2.43 bits per heavy atom. The summed E-state index contributed by atoms with van der Waals surface area (Å²) in [6, 6.07) is 13.9. The fraction of sp³-hybridized carbons (Fsp3) is 0.150. The number of amides is 1. The number of terminal acetylenes is 1.